The molecule has 1 fully saturated rings. The van der Waals surface area contributed by atoms with E-state index in [0.29, 0.717) is 36.1 Å². The van der Waals surface area contributed by atoms with Gasteiger partial charge in [-0.25, -0.2) is 0 Å². The van der Waals surface area contributed by atoms with Crippen LogP contribution in [0.5, 0.6) is 5.75 Å². The number of benzene rings is 1. The summed E-state index contributed by atoms with van der Waals surface area (Å²) in [6.07, 6.45) is 2.26. The molecule has 0 saturated carbocycles. The minimum Gasteiger partial charge on any atom is -0.490 e. The van der Waals surface area contributed by atoms with Crippen molar-refractivity contribution in [3.8, 4) is 5.75 Å². The van der Waals surface area contributed by atoms with Gasteiger partial charge in [0.05, 0.1) is 24.9 Å². The zero-order chi connectivity index (χ0) is 14.1. The summed E-state index contributed by atoms with van der Waals surface area (Å²) in [5.74, 6) is 0.165. The van der Waals surface area contributed by atoms with E-state index in [9.17, 15) is 10.0 Å². The Hall–Kier alpha value is -1.63. The van der Waals surface area contributed by atoms with E-state index in [0.717, 1.165) is 18.4 Å². The predicted octanol–water partition coefficient (Wildman–Crippen LogP) is 0.850. The van der Waals surface area contributed by atoms with Crippen LogP contribution in [-0.4, -0.2) is 36.5 Å². The number of anilines is 1. The number of carbonyl (C=O) groups excluding carboxylic acids is 1. The van der Waals surface area contributed by atoms with Gasteiger partial charge >= 0.3 is 0 Å². The van der Waals surface area contributed by atoms with Crippen LogP contribution in [0.4, 0.5) is 5.69 Å². The minimum absolute atomic E-state index is 0.121. The zero-order valence-electron chi connectivity index (χ0n) is 11.1. The molecule has 20 heavy (non-hydrogen) atoms. The van der Waals surface area contributed by atoms with Gasteiger partial charge in [0.2, 0.25) is 0 Å². The largest absolute Gasteiger partial charge is 0.490 e. The fourth-order valence-corrected chi connectivity index (χ4v) is 2.57. The molecular formula is C14H18N2O4. The molecule has 1 aromatic rings. The van der Waals surface area contributed by atoms with E-state index >= 15 is 0 Å². The van der Waals surface area contributed by atoms with E-state index in [2.05, 4.69) is 0 Å². The normalized spacial score (nSPS) is 23.6. The Kier molecular flexibility index (Phi) is 3.60. The second-order valence-corrected chi connectivity index (χ2v) is 5.18. The van der Waals surface area contributed by atoms with Crippen molar-refractivity contribution < 1.29 is 19.5 Å². The van der Waals surface area contributed by atoms with Gasteiger partial charge in [0, 0.05) is 18.9 Å². The Morgan fingerprint density at radius 3 is 2.85 bits per heavy atom. The van der Waals surface area contributed by atoms with Crippen LogP contribution in [0.25, 0.3) is 0 Å². The predicted molar refractivity (Wildman–Crippen MR) is 71.9 cm³/mol. The van der Waals surface area contributed by atoms with Crippen LogP contribution < -0.4 is 15.5 Å². The molecule has 1 saturated heterocycles. The highest BCUT2D eigenvalue weighted by Crippen LogP contribution is 2.31. The lowest BCUT2D eigenvalue weighted by atomic mass is 9.99. The summed E-state index contributed by atoms with van der Waals surface area (Å²) in [5, 5.41) is 10.5. The summed E-state index contributed by atoms with van der Waals surface area (Å²) in [6.45, 7) is 1.41. The van der Waals surface area contributed by atoms with Crippen molar-refractivity contribution in [1.82, 2.24) is 0 Å². The van der Waals surface area contributed by atoms with Gasteiger partial charge in [-0.15, -0.1) is 0 Å². The molecule has 0 aromatic heterocycles. The molecule has 0 aliphatic carbocycles. The quantitative estimate of drug-likeness (QED) is 0.783. The van der Waals surface area contributed by atoms with Crippen molar-refractivity contribution in [2.75, 3.05) is 18.3 Å². The third-order valence-corrected chi connectivity index (χ3v) is 3.72. The topological polar surface area (TPSA) is 85.0 Å². The fourth-order valence-electron chi connectivity index (χ4n) is 2.57. The van der Waals surface area contributed by atoms with Gasteiger partial charge in [-0.3, -0.25) is 10.0 Å². The third kappa shape index (κ3) is 2.49. The molecule has 2 heterocycles. The fraction of sp³-hybridized carbons (Fsp3) is 0.500. The molecule has 2 aliphatic rings. The standard InChI is InChI=1S/C14H18N2O4/c15-12-7-9-1-2-11(8-13(9)16(18)14(12)17)20-10-3-5-19-6-4-10/h1-2,8,10,12,18H,3-7,15H2/t12-/m0/s1. The number of amides is 1. The number of hydrogen-bond acceptors (Lipinski definition) is 5. The number of nitrogens with zero attached hydrogens (tertiary/aromatic N) is 1. The number of rotatable bonds is 2. The first kappa shape index (κ1) is 13.4. The molecule has 0 bridgehead atoms. The molecule has 0 unspecified atom stereocenters. The Bertz CT molecular complexity index is 514. The molecule has 6 heteroatoms. The van der Waals surface area contributed by atoms with Crippen molar-refractivity contribution in [1.29, 1.82) is 0 Å². The maximum Gasteiger partial charge on any atom is 0.267 e. The molecule has 2 aliphatic heterocycles. The van der Waals surface area contributed by atoms with Crippen LogP contribution in [-0.2, 0) is 16.0 Å². The molecule has 3 N–H and O–H groups in total. The first-order valence-corrected chi connectivity index (χ1v) is 6.81. The lowest BCUT2D eigenvalue weighted by Gasteiger charge is -2.29. The van der Waals surface area contributed by atoms with Crippen molar-refractivity contribution in [3.05, 3.63) is 23.8 Å². The highest BCUT2D eigenvalue weighted by molar-refractivity contribution is 5.98. The van der Waals surface area contributed by atoms with E-state index in [1.54, 1.807) is 6.07 Å². The molecule has 1 atom stereocenters. The van der Waals surface area contributed by atoms with Crippen LogP contribution in [0.1, 0.15) is 18.4 Å². The summed E-state index contributed by atoms with van der Waals surface area (Å²) in [5.41, 5.74) is 6.98. The van der Waals surface area contributed by atoms with Crippen molar-refractivity contribution >= 4 is 11.6 Å². The van der Waals surface area contributed by atoms with Crippen LogP contribution in [0, 0.1) is 0 Å². The van der Waals surface area contributed by atoms with Crippen molar-refractivity contribution in [2.45, 2.75) is 31.4 Å². The number of fused-ring (bicyclic) bond motifs is 1. The summed E-state index contributed by atoms with van der Waals surface area (Å²) in [7, 11) is 0. The summed E-state index contributed by atoms with van der Waals surface area (Å²) in [4.78, 5) is 11.7. The number of nitrogens with two attached hydrogens (primary N) is 1. The van der Waals surface area contributed by atoms with Gasteiger partial charge in [-0.2, -0.15) is 5.06 Å². The van der Waals surface area contributed by atoms with Crippen LogP contribution >= 0.6 is 0 Å². The monoisotopic (exact) mass is 278 g/mol. The molecule has 3 rings (SSSR count). The van der Waals surface area contributed by atoms with Crippen molar-refractivity contribution in [2.24, 2.45) is 5.73 Å². The first-order valence-electron chi connectivity index (χ1n) is 6.81. The van der Waals surface area contributed by atoms with Gasteiger partial charge < -0.3 is 15.2 Å². The van der Waals surface area contributed by atoms with Gasteiger partial charge in [0.25, 0.3) is 5.91 Å². The van der Waals surface area contributed by atoms with E-state index in [1.807, 2.05) is 12.1 Å². The highest BCUT2D eigenvalue weighted by Gasteiger charge is 2.30. The Morgan fingerprint density at radius 1 is 1.35 bits per heavy atom. The lowest BCUT2D eigenvalue weighted by molar-refractivity contribution is -0.125. The molecule has 0 radical (unpaired) electrons. The van der Waals surface area contributed by atoms with Gasteiger partial charge in [-0.05, 0) is 18.1 Å². The average molecular weight is 278 g/mol. The SMILES string of the molecule is N[C@H]1Cc2ccc(OC3CCOCC3)cc2N(O)C1=O. The molecule has 0 spiro atoms. The minimum atomic E-state index is -0.685. The van der Waals surface area contributed by atoms with E-state index in [-0.39, 0.29) is 6.10 Å². The summed E-state index contributed by atoms with van der Waals surface area (Å²) >= 11 is 0. The maximum atomic E-state index is 11.7. The molecule has 1 aromatic carbocycles. The summed E-state index contributed by atoms with van der Waals surface area (Å²) < 4.78 is 11.2. The number of carbonyl (C=O) groups is 1. The number of hydroxylamine groups is 1. The van der Waals surface area contributed by atoms with Gasteiger partial charge in [0.1, 0.15) is 11.9 Å². The first-order chi connectivity index (χ1) is 9.65. The number of ether oxygens (including phenoxy) is 2. The van der Waals surface area contributed by atoms with Gasteiger partial charge in [-0.1, -0.05) is 6.07 Å². The zero-order valence-corrected chi connectivity index (χ0v) is 11.1. The average Bonchev–Trinajstić information content (AvgIpc) is 2.47. The van der Waals surface area contributed by atoms with E-state index in [4.69, 9.17) is 15.2 Å². The Labute approximate surface area is 117 Å². The third-order valence-electron chi connectivity index (χ3n) is 3.72. The summed E-state index contributed by atoms with van der Waals surface area (Å²) in [6, 6.07) is 4.70. The second kappa shape index (κ2) is 5.40. The van der Waals surface area contributed by atoms with Crippen molar-refractivity contribution in [3.63, 3.8) is 0 Å². The lowest BCUT2D eigenvalue weighted by Crippen LogP contribution is -2.47. The van der Waals surface area contributed by atoms with Gasteiger partial charge in [0.15, 0.2) is 0 Å². The Morgan fingerprint density at radius 2 is 2.10 bits per heavy atom. The van der Waals surface area contributed by atoms with E-state index in [1.165, 1.54) is 0 Å². The maximum absolute atomic E-state index is 11.7. The van der Waals surface area contributed by atoms with Crippen LogP contribution in [0.3, 0.4) is 0 Å². The molecular weight excluding hydrogens is 260 g/mol. The molecule has 108 valence electrons. The highest BCUT2D eigenvalue weighted by atomic mass is 16.5. The van der Waals surface area contributed by atoms with Crippen LogP contribution in [0.2, 0.25) is 0 Å². The second-order valence-electron chi connectivity index (χ2n) is 5.18. The molecule has 1 amide bonds. The molecule has 6 nitrogen and oxygen atoms in total. The van der Waals surface area contributed by atoms with E-state index < -0.39 is 11.9 Å². The van der Waals surface area contributed by atoms with Crippen LogP contribution in [0.15, 0.2) is 18.2 Å². The number of hydrogen-bond donors (Lipinski definition) is 2. The Balaban J connectivity index is 1.80. The smallest absolute Gasteiger partial charge is 0.267 e.